The second kappa shape index (κ2) is 8.94. The minimum absolute atomic E-state index is 0.140. The normalized spacial score (nSPS) is 19.4. The minimum atomic E-state index is -0.767. The smallest absolute Gasteiger partial charge is 0.308 e. The zero-order valence-corrected chi connectivity index (χ0v) is 12.1. The van der Waals surface area contributed by atoms with Crippen LogP contribution in [0.2, 0.25) is 0 Å². The van der Waals surface area contributed by atoms with Gasteiger partial charge in [0.15, 0.2) is 0 Å². The predicted molar refractivity (Wildman–Crippen MR) is 74.9 cm³/mol. The lowest BCUT2D eigenvalue weighted by Crippen LogP contribution is -2.42. The molecule has 0 spiro atoms. The van der Waals surface area contributed by atoms with Crippen LogP contribution < -0.4 is 0 Å². The van der Waals surface area contributed by atoms with Crippen molar-refractivity contribution in [2.75, 3.05) is 13.1 Å². The number of amides is 1. The molecule has 1 aliphatic rings. The molecule has 0 aromatic heterocycles. The van der Waals surface area contributed by atoms with Crippen molar-refractivity contribution >= 4 is 11.9 Å². The van der Waals surface area contributed by atoms with Gasteiger partial charge in [-0.25, -0.2) is 0 Å². The molecule has 0 aromatic carbocycles. The highest BCUT2D eigenvalue weighted by Gasteiger charge is 2.27. The molecule has 1 fully saturated rings. The van der Waals surface area contributed by atoms with Crippen molar-refractivity contribution in [3.8, 4) is 0 Å². The summed E-state index contributed by atoms with van der Waals surface area (Å²) < 4.78 is 0. The maximum absolute atomic E-state index is 12.0. The molecule has 0 aliphatic carbocycles. The highest BCUT2D eigenvalue weighted by molar-refractivity contribution is 5.78. The van der Waals surface area contributed by atoms with Gasteiger partial charge in [-0.15, -0.1) is 0 Å². The summed E-state index contributed by atoms with van der Waals surface area (Å²) in [6.45, 7) is 3.33. The Morgan fingerprint density at radius 3 is 2.53 bits per heavy atom. The molecule has 1 rings (SSSR count). The molecule has 1 N–H and O–H groups in total. The van der Waals surface area contributed by atoms with Crippen molar-refractivity contribution in [1.82, 2.24) is 4.90 Å². The van der Waals surface area contributed by atoms with Gasteiger partial charge in [0.05, 0.1) is 5.92 Å². The fourth-order valence-corrected chi connectivity index (χ4v) is 2.62. The third kappa shape index (κ3) is 6.08. The van der Waals surface area contributed by atoms with Gasteiger partial charge in [-0.1, -0.05) is 39.0 Å². The quantitative estimate of drug-likeness (QED) is 0.689. The van der Waals surface area contributed by atoms with Gasteiger partial charge in [0, 0.05) is 19.5 Å². The highest BCUT2D eigenvalue weighted by atomic mass is 16.4. The summed E-state index contributed by atoms with van der Waals surface area (Å²) in [4.78, 5) is 24.7. The van der Waals surface area contributed by atoms with E-state index in [0.717, 1.165) is 25.8 Å². The lowest BCUT2D eigenvalue weighted by atomic mass is 9.98. The Balaban J connectivity index is 2.16. The lowest BCUT2D eigenvalue weighted by molar-refractivity contribution is -0.145. The van der Waals surface area contributed by atoms with Crippen LogP contribution in [0.25, 0.3) is 0 Å². The SMILES string of the molecule is CCCCCCCCC(=O)N1CCCC(C(=O)O)C1. The maximum Gasteiger partial charge on any atom is 0.308 e. The number of unbranched alkanes of at least 4 members (excludes halogenated alkanes) is 5. The van der Waals surface area contributed by atoms with Crippen LogP contribution in [0, 0.1) is 5.92 Å². The highest BCUT2D eigenvalue weighted by Crippen LogP contribution is 2.18. The number of likely N-dealkylation sites (tertiary alicyclic amines) is 1. The van der Waals surface area contributed by atoms with Gasteiger partial charge in [-0.2, -0.15) is 0 Å². The monoisotopic (exact) mass is 269 g/mol. The van der Waals surface area contributed by atoms with E-state index in [1.165, 1.54) is 25.7 Å². The van der Waals surface area contributed by atoms with Gasteiger partial charge in [0.2, 0.25) is 5.91 Å². The Bertz CT molecular complexity index is 291. The van der Waals surface area contributed by atoms with Crippen molar-refractivity contribution in [1.29, 1.82) is 0 Å². The fourth-order valence-electron chi connectivity index (χ4n) is 2.62. The third-order valence-electron chi connectivity index (χ3n) is 3.87. The molecule has 4 heteroatoms. The molecular weight excluding hydrogens is 242 g/mol. The standard InChI is InChI=1S/C15H27NO3/c1-2-3-4-5-6-7-10-14(17)16-11-8-9-13(12-16)15(18)19/h13H,2-12H2,1H3,(H,18,19). The number of carbonyl (C=O) groups is 2. The molecule has 0 radical (unpaired) electrons. The fraction of sp³-hybridized carbons (Fsp3) is 0.867. The summed E-state index contributed by atoms with van der Waals surface area (Å²) in [5.41, 5.74) is 0. The van der Waals surface area contributed by atoms with Crippen molar-refractivity contribution in [2.45, 2.75) is 64.7 Å². The Labute approximate surface area is 116 Å². The number of nitrogens with zero attached hydrogens (tertiary/aromatic N) is 1. The second-order valence-corrected chi connectivity index (χ2v) is 5.53. The summed E-state index contributed by atoms with van der Waals surface area (Å²) in [7, 11) is 0. The summed E-state index contributed by atoms with van der Waals surface area (Å²) >= 11 is 0. The summed E-state index contributed by atoms with van der Waals surface area (Å²) in [5, 5.41) is 9.00. The zero-order valence-electron chi connectivity index (χ0n) is 12.1. The summed E-state index contributed by atoms with van der Waals surface area (Å²) in [6.07, 6.45) is 9.14. The Kier molecular flexibility index (Phi) is 7.53. The Morgan fingerprint density at radius 1 is 1.16 bits per heavy atom. The molecule has 1 saturated heterocycles. The summed E-state index contributed by atoms with van der Waals surface area (Å²) in [5.74, 6) is -0.985. The van der Waals surface area contributed by atoms with E-state index in [9.17, 15) is 9.59 Å². The lowest BCUT2D eigenvalue weighted by Gasteiger charge is -2.30. The number of carbonyl (C=O) groups excluding carboxylic acids is 1. The number of piperidine rings is 1. The first-order chi connectivity index (χ1) is 9.15. The molecule has 0 bridgehead atoms. The maximum atomic E-state index is 12.0. The van der Waals surface area contributed by atoms with Crippen LogP contribution in [-0.4, -0.2) is 35.0 Å². The molecule has 110 valence electrons. The van der Waals surface area contributed by atoms with Gasteiger partial charge < -0.3 is 10.0 Å². The van der Waals surface area contributed by atoms with E-state index < -0.39 is 5.97 Å². The topological polar surface area (TPSA) is 57.6 Å². The first-order valence-electron chi connectivity index (χ1n) is 7.65. The van der Waals surface area contributed by atoms with E-state index in [4.69, 9.17) is 5.11 Å². The first kappa shape index (κ1) is 16.0. The molecule has 0 saturated carbocycles. The average Bonchev–Trinajstić information content (AvgIpc) is 2.42. The van der Waals surface area contributed by atoms with Crippen LogP contribution in [-0.2, 0) is 9.59 Å². The molecule has 19 heavy (non-hydrogen) atoms. The number of carboxylic acids is 1. The van der Waals surface area contributed by atoms with E-state index in [1.54, 1.807) is 4.90 Å². The van der Waals surface area contributed by atoms with Gasteiger partial charge in [0.25, 0.3) is 0 Å². The Hall–Kier alpha value is -1.06. The summed E-state index contributed by atoms with van der Waals surface area (Å²) in [6, 6.07) is 0. The zero-order chi connectivity index (χ0) is 14.1. The van der Waals surface area contributed by atoms with Crippen molar-refractivity contribution in [3.63, 3.8) is 0 Å². The number of aliphatic carboxylic acids is 1. The minimum Gasteiger partial charge on any atom is -0.481 e. The first-order valence-corrected chi connectivity index (χ1v) is 7.65. The van der Waals surface area contributed by atoms with Crippen LogP contribution in [0.4, 0.5) is 0 Å². The predicted octanol–water partition coefficient (Wildman–Crippen LogP) is 3.06. The van der Waals surface area contributed by atoms with E-state index >= 15 is 0 Å². The van der Waals surface area contributed by atoms with Gasteiger partial charge >= 0.3 is 5.97 Å². The largest absolute Gasteiger partial charge is 0.481 e. The molecule has 0 aromatic rings. The molecule has 1 aliphatic heterocycles. The molecule has 1 atom stereocenters. The van der Waals surface area contributed by atoms with E-state index in [1.807, 2.05) is 0 Å². The molecule has 1 heterocycles. The van der Waals surface area contributed by atoms with Crippen molar-refractivity contribution in [2.24, 2.45) is 5.92 Å². The van der Waals surface area contributed by atoms with E-state index in [0.29, 0.717) is 19.4 Å². The number of hydrogen-bond donors (Lipinski definition) is 1. The number of rotatable bonds is 8. The molecule has 4 nitrogen and oxygen atoms in total. The van der Waals surface area contributed by atoms with Crippen molar-refractivity contribution in [3.05, 3.63) is 0 Å². The van der Waals surface area contributed by atoms with E-state index in [-0.39, 0.29) is 11.8 Å². The number of carboxylic acid groups (broad SMARTS) is 1. The molecule has 1 amide bonds. The molecular formula is C15H27NO3. The van der Waals surface area contributed by atoms with Crippen molar-refractivity contribution < 1.29 is 14.7 Å². The molecule has 1 unspecified atom stereocenters. The van der Waals surface area contributed by atoms with Crippen LogP contribution >= 0.6 is 0 Å². The second-order valence-electron chi connectivity index (χ2n) is 5.53. The van der Waals surface area contributed by atoms with Gasteiger partial charge in [-0.05, 0) is 19.3 Å². The van der Waals surface area contributed by atoms with Crippen LogP contribution in [0.15, 0.2) is 0 Å². The average molecular weight is 269 g/mol. The number of hydrogen-bond acceptors (Lipinski definition) is 2. The van der Waals surface area contributed by atoms with E-state index in [2.05, 4.69) is 6.92 Å². The third-order valence-corrected chi connectivity index (χ3v) is 3.87. The van der Waals surface area contributed by atoms with Crippen LogP contribution in [0.5, 0.6) is 0 Å². The van der Waals surface area contributed by atoms with Crippen LogP contribution in [0.1, 0.15) is 64.7 Å². The van der Waals surface area contributed by atoms with Gasteiger partial charge in [-0.3, -0.25) is 9.59 Å². The van der Waals surface area contributed by atoms with Crippen LogP contribution in [0.3, 0.4) is 0 Å². The Morgan fingerprint density at radius 2 is 1.84 bits per heavy atom. The van der Waals surface area contributed by atoms with Gasteiger partial charge in [0.1, 0.15) is 0 Å².